The average molecular weight is 355 g/mol. The number of piperidine rings is 1. The largest absolute Gasteiger partial charge is 0.494 e. The molecule has 2 aromatic carbocycles. The minimum atomic E-state index is 0.283. The van der Waals surface area contributed by atoms with Crippen LogP contribution in [0.25, 0.3) is 0 Å². The molecule has 4 rings (SSSR count). The molecule has 1 N–H and O–H groups in total. The van der Waals surface area contributed by atoms with Crippen molar-refractivity contribution in [3.8, 4) is 23.0 Å². The van der Waals surface area contributed by atoms with Gasteiger partial charge in [0.2, 0.25) is 6.79 Å². The molecule has 0 radical (unpaired) electrons. The molecular weight excluding hydrogens is 330 g/mol. The molecule has 0 bridgehead atoms. The summed E-state index contributed by atoms with van der Waals surface area (Å²) in [7, 11) is 0. The number of ether oxygens (including phenoxy) is 4. The molecule has 2 atom stereocenters. The van der Waals surface area contributed by atoms with E-state index in [1.54, 1.807) is 0 Å². The average Bonchev–Trinajstić information content (AvgIpc) is 3.15. The first-order valence-electron chi connectivity index (χ1n) is 9.29. The van der Waals surface area contributed by atoms with Crippen LogP contribution in [0.3, 0.4) is 0 Å². The Balaban J connectivity index is 1.42. The lowest BCUT2D eigenvalue weighted by atomic mass is 9.81. The van der Waals surface area contributed by atoms with Crippen molar-refractivity contribution >= 4 is 0 Å². The van der Waals surface area contributed by atoms with Crippen LogP contribution in [0.15, 0.2) is 42.5 Å². The summed E-state index contributed by atoms with van der Waals surface area (Å²) >= 11 is 0. The summed E-state index contributed by atoms with van der Waals surface area (Å²) in [5.41, 5.74) is 1.36. The van der Waals surface area contributed by atoms with E-state index in [9.17, 15) is 0 Å². The highest BCUT2D eigenvalue weighted by Crippen LogP contribution is 2.36. The second kappa shape index (κ2) is 7.87. The first-order valence-corrected chi connectivity index (χ1v) is 9.29. The summed E-state index contributed by atoms with van der Waals surface area (Å²) in [4.78, 5) is 0. The van der Waals surface area contributed by atoms with Crippen LogP contribution in [0.2, 0.25) is 0 Å². The van der Waals surface area contributed by atoms with Gasteiger partial charge >= 0.3 is 0 Å². The molecular formula is C21H25NO4. The highest BCUT2D eigenvalue weighted by atomic mass is 16.7. The fraction of sp³-hybridized carbons (Fsp3) is 0.429. The van der Waals surface area contributed by atoms with Crippen LogP contribution < -0.4 is 24.3 Å². The summed E-state index contributed by atoms with van der Waals surface area (Å²) < 4.78 is 22.4. The van der Waals surface area contributed by atoms with Gasteiger partial charge in [0.25, 0.3) is 0 Å². The molecule has 0 spiro atoms. The Morgan fingerprint density at radius 3 is 2.65 bits per heavy atom. The van der Waals surface area contributed by atoms with Crippen molar-refractivity contribution in [3.63, 3.8) is 0 Å². The molecule has 0 aliphatic carbocycles. The zero-order valence-corrected chi connectivity index (χ0v) is 15.1. The summed E-state index contributed by atoms with van der Waals surface area (Å²) in [6.07, 6.45) is 1.11. The van der Waals surface area contributed by atoms with E-state index in [1.807, 2.05) is 25.1 Å². The molecule has 0 saturated carbocycles. The van der Waals surface area contributed by atoms with Crippen LogP contribution in [-0.2, 0) is 0 Å². The van der Waals surface area contributed by atoms with Gasteiger partial charge in [-0.25, -0.2) is 0 Å². The van der Waals surface area contributed by atoms with Gasteiger partial charge in [-0.05, 0) is 55.6 Å². The summed E-state index contributed by atoms with van der Waals surface area (Å²) in [6, 6.07) is 14.3. The third kappa shape index (κ3) is 3.73. The molecule has 1 saturated heterocycles. The van der Waals surface area contributed by atoms with Crippen LogP contribution in [-0.4, -0.2) is 33.1 Å². The van der Waals surface area contributed by atoms with Gasteiger partial charge in [-0.2, -0.15) is 0 Å². The van der Waals surface area contributed by atoms with Crippen molar-refractivity contribution in [3.05, 3.63) is 48.0 Å². The lowest BCUT2D eigenvalue weighted by Gasteiger charge is -2.32. The molecule has 5 nitrogen and oxygen atoms in total. The number of rotatable bonds is 6. The molecule has 1 fully saturated rings. The van der Waals surface area contributed by atoms with Crippen LogP contribution >= 0.6 is 0 Å². The zero-order chi connectivity index (χ0) is 17.8. The Bertz CT molecular complexity index is 731. The van der Waals surface area contributed by atoms with Crippen LogP contribution in [0.1, 0.15) is 24.8 Å². The fourth-order valence-electron chi connectivity index (χ4n) is 3.68. The van der Waals surface area contributed by atoms with E-state index >= 15 is 0 Å². The molecule has 2 aliphatic rings. The Labute approximate surface area is 154 Å². The number of fused-ring (bicyclic) bond motifs is 1. The van der Waals surface area contributed by atoms with Gasteiger partial charge in [0.1, 0.15) is 11.5 Å². The van der Waals surface area contributed by atoms with Gasteiger partial charge in [0.15, 0.2) is 11.5 Å². The van der Waals surface area contributed by atoms with E-state index in [4.69, 9.17) is 18.9 Å². The summed E-state index contributed by atoms with van der Waals surface area (Å²) in [5.74, 6) is 4.20. The maximum absolute atomic E-state index is 6.08. The molecule has 2 heterocycles. The Kier molecular flexibility index (Phi) is 5.16. The van der Waals surface area contributed by atoms with Crippen LogP contribution in [0.4, 0.5) is 0 Å². The smallest absolute Gasteiger partial charge is 0.231 e. The first-order chi connectivity index (χ1) is 12.8. The van der Waals surface area contributed by atoms with Crippen molar-refractivity contribution in [2.75, 3.05) is 33.1 Å². The lowest BCUT2D eigenvalue weighted by molar-refractivity contribution is 0.173. The summed E-state index contributed by atoms with van der Waals surface area (Å²) in [5, 5.41) is 3.49. The van der Waals surface area contributed by atoms with Crippen LogP contribution in [0.5, 0.6) is 23.0 Å². The molecule has 5 heteroatoms. The third-order valence-electron chi connectivity index (χ3n) is 5.04. The Hall–Kier alpha value is -2.40. The van der Waals surface area contributed by atoms with Crippen molar-refractivity contribution in [2.45, 2.75) is 19.3 Å². The summed E-state index contributed by atoms with van der Waals surface area (Å²) in [6.45, 7) is 5.65. The normalized spacial score (nSPS) is 21.4. The fourth-order valence-corrected chi connectivity index (χ4v) is 3.68. The second-order valence-electron chi connectivity index (χ2n) is 6.69. The van der Waals surface area contributed by atoms with Gasteiger partial charge in [-0.3, -0.25) is 0 Å². The van der Waals surface area contributed by atoms with Gasteiger partial charge in [0.05, 0.1) is 13.2 Å². The third-order valence-corrected chi connectivity index (χ3v) is 5.04. The zero-order valence-electron chi connectivity index (χ0n) is 15.1. The predicted molar refractivity (Wildman–Crippen MR) is 99.4 cm³/mol. The number of nitrogens with one attached hydrogen (secondary N) is 1. The SMILES string of the molecule is CCOc1ccc(C2CCNCC2COc2ccc3c(c2)OCO3)cc1. The van der Waals surface area contributed by atoms with E-state index in [0.717, 1.165) is 42.5 Å². The molecule has 2 aliphatic heterocycles. The van der Waals surface area contributed by atoms with Gasteiger partial charge in [0, 0.05) is 18.5 Å². The second-order valence-corrected chi connectivity index (χ2v) is 6.69. The molecule has 138 valence electrons. The molecule has 0 amide bonds. The molecule has 2 unspecified atom stereocenters. The first kappa shape index (κ1) is 17.0. The van der Waals surface area contributed by atoms with Gasteiger partial charge in [-0.15, -0.1) is 0 Å². The van der Waals surface area contributed by atoms with Crippen molar-refractivity contribution < 1.29 is 18.9 Å². The minimum absolute atomic E-state index is 0.283. The quantitative estimate of drug-likeness (QED) is 0.858. The number of hydrogen-bond donors (Lipinski definition) is 1. The Morgan fingerprint density at radius 2 is 1.81 bits per heavy atom. The molecule has 0 aromatic heterocycles. The van der Waals surface area contributed by atoms with E-state index in [2.05, 4.69) is 29.6 Å². The van der Waals surface area contributed by atoms with E-state index in [0.29, 0.717) is 25.0 Å². The van der Waals surface area contributed by atoms with Gasteiger partial charge < -0.3 is 24.3 Å². The standard InChI is InChI=1S/C21H25NO4/c1-2-23-17-5-3-15(4-6-17)19-9-10-22-12-16(19)13-24-18-7-8-20-21(11-18)26-14-25-20/h3-8,11,16,19,22H,2,9-10,12-14H2,1H3. The van der Waals surface area contributed by atoms with E-state index in [1.165, 1.54) is 5.56 Å². The maximum atomic E-state index is 6.08. The minimum Gasteiger partial charge on any atom is -0.494 e. The maximum Gasteiger partial charge on any atom is 0.231 e. The van der Waals surface area contributed by atoms with Gasteiger partial charge in [-0.1, -0.05) is 12.1 Å². The van der Waals surface area contributed by atoms with E-state index < -0.39 is 0 Å². The Morgan fingerprint density at radius 1 is 1.00 bits per heavy atom. The predicted octanol–water partition coefficient (Wildman–Crippen LogP) is 3.59. The van der Waals surface area contributed by atoms with Crippen molar-refractivity contribution in [1.29, 1.82) is 0 Å². The molecule has 2 aromatic rings. The number of hydrogen-bond acceptors (Lipinski definition) is 5. The molecule has 26 heavy (non-hydrogen) atoms. The van der Waals surface area contributed by atoms with Crippen molar-refractivity contribution in [2.24, 2.45) is 5.92 Å². The van der Waals surface area contributed by atoms with E-state index in [-0.39, 0.29) is 6.79 Å². The highest BCUT2D eigenvalue weighted by Gasteiger charge is 2.27. The topological polar surface area (TPSA) is 49.0 Å². The van der Waals surface area contributed by atoms with Crippen LogP contribution in [0, 0.1) is 5.92 Å². The lowest BCUT2D eigenvalue weighted by Crippen LogP contribution is -2.38. The number of benzene rings is 2. The van der Waals surface area contributed by atoms with Crippen molar-refractivity contribution in [1.82, 2.24) is 5.32 Å². The highest BCUT2D eigenvalue weighted by molar-refractivity contribution is 5.46. The monoisotopic (exact) mass is 355 g/mol.